The molecule has 1 N–H and O–H groups in total. The van der Waals surface area contributed by atoms with Gasteiger partial charge in [-0.1, -0.05) is 29.8 Å². The Hall–Kier alpha value is -0.880. The summed E-state index contributed by atoms with van der Waals surface area (Å²) in [7, 11) is -3.23. The summed E-state index contributed by atoms with van der Waals surface area (Å²) in [5.74, 6) is -0.187. The quantitative estimate of drug-likeness (QED) is 0.792. The van der Waals surface area contributed by atoms with Crippen LogP contribution in [-0.2, 0) is 9.84 Å². The van der Waals surface area contributed by atoms with E-state index < -0.39 is 9.84 Å². The van der Waals surface area contributed by atoms with Gasteiger partial charge < -0.3 is 5.32 Å². The lowest BCUT2D eigenvalue weighted by Crippen LogP contribution is -2.34. The largest absolute Gasteiger partial charge is 0.352 e. The van der Waals surface area contributed by atoms with Gasteiger partial charge in [-0.3, -0.25) is 4.79 Å². The third-order valence-corrected chi connectivity index (χ3v) is 4.57. The van der Waals surface area contributed by atoms with Gasteiger partial charge in [0.1, 0.15) is 0 Å². The van der Waals surface area contributed by atoms with Crippen LogP contribution in [0.5, 0.6) is 0 Å². The molecular formula is C14H20BrNO3S. The molecule has 1 rings (SSSR count). The molecule has 0 atom stereocenters. The first-order valence-electron chi connectivity index (χ1n) is 6.30. The number of carbonyl (C=O) groups is 1. The second-order valence-electron chi connectivity index (χ2n) is 5.58. The molecule has 0 radical (unpaired) electrons. The summed E-state index contributed by atoms with van der Waals surface area (Å²) in [6, 6.07) is 5.97. The van der Waals surface area contributed by atoms with E-state index in [0.29, 0.717) is 12.1 Å². The minimum absolute atomic E-state index is 0.0197. The molecule has 1 aromatic carbocycles. The number of hydrogen-bond donors (Lipinski definition) is 1. The van der Waals surface area contributed by atoms with E-state index >= 15 is 0 Å². The van der Waals surface area contributed by atoms with Crippen LogP contribution < -0.4 is 5.32 Å². The smallest absolute Gasteiger partial charge is 0.251 e. The summed E-state index contributed by atoms with van der Waals surface area (Å²) in [5, 5.41) is 3.76. The van der Waals surface area contributed by atoms with Gasteiger partial charge in [-0.05, 0) is 36.1 Å². The molecule has 0 saturated carbocycles. The Balaban J connectivity index is 2.70. The molecule has 0 spiro atoms. The summed E-state index contributed by atoms with van der Waals surface area (Å²) < 4.78 is 22.7. The number of benzene rings is 1. The van der Waals surface area contributed by atoms with E-state index in [1.165, 1.54) is 24.3 Å². The van der Waals surface area contributed by atoms with Gasteiger partial charge in [-0.2, -0.15) is 0 Å². The zero-order valence-corrected chi connectivity index (χ0v) is 14.3. The van der Waals surface area contributed by atoms with Gasteiger partial charge >= 0.3 is 0 Å². The Bertz CT molecular complexity index is 565. The second kappa shape index (κ2) is 6.72. The average Bonchev–Trinajstić information content (AvgIpc) is 2.35. The van der Waals surface area contributed by atoms with Gasteiger partial charge in [0.2, 0.25) is 0 Å². The van der Waals surface area contributed by atoms with E-state index in [1.807, 2.05) is 0 Å². The zero-order chi connectivity index (χ0) is 15.4. The van der Waals surface area contributed by atoms with Crippen LogP contribution >= 0.6 is 15.9 Å². The highest BCUT2D eigenvalue weighted by atomic mass is 79.9. The van der Waals surface area contributed by atoms with Crippen molar-refractivity contribution in [3.05, 3.63) is 29.8 Å². The molecule has 0 aliphatic carbocycles. The number of hydrogen-bond acceptors (Lipinski definition) is 3. The Labute approximate surface area is 129 Å². The van der Waals surface area contributed by atoms with Gasteiger partial charge in [0, 0.05) is 23.7 Å². The second-order valence-corrected chi connectivity index (χ2v) is 8.39. The normalized spacial score (nSPS) is 12.2. The highest BCUT2D eigenvalue weighted by Crippen LogP contribution is 2.20. The molecule has 112 valence electrons. The van der Waals surface area contributed by atoms with Crippen molar-refractivity contribution in [2.45, 2.75) is 25.2 Å². The lowest BCUT2D eigenvalue weighted by molar-refractivity contribution is 0.0936. The number of amides is 1. The molecular weight excluding hydrogens is 342 g/mol. The molecule has 0 unspecified atom stereocenters. The summed E-state index contributed by atoms with van der Waals surface area (Å²) in [6.45, 7) is 4.74. The highest BCUT2D eigenvalue weighted by Gasteiger charge is 2.18. The molecule has 0 fully saturated rings. The lowest BCUT2D eigenvalue weighted by atomic mass is 9.90. The van der Waals surface area contributed by atoms with Crippen molar-refractivity contribution in [1.82, 2.24) is 5.32 Å². The highest BCUT2D eigenvalue weighted by molar-refractivity contribution is 9.09. The molecule has 20 heavy (non-hydrogen) atoms. The predicted molar refractivity (Wildman–Crippen MR) is 84.1 cm³/mol. The fraction of sp³-hybridized carbons (Fsp3) is 0.500. The average molecular weight is 362 g/mol. The maximum Gasteiger partial charge on any atom is 0.251 e. The van der Waals surface area contributed by atoms with Crippen molar-refractivity contribution in [3.63, 3.8) is 0 Å². The zero-order valence-electron chi connectivity index (χ0n) is 11.9. The van der Waals surface area contributed by atoms with Crippen molar-refractivity contribution < 1.29 is 13.2 Å². The number of halogens is 1. The van der Waals surface area contributed by atoms with E-state index in [0.717, 1.165) is 18.0 Å². The van der Waals surface area contributed by atoms with Crippen LogP contribution in [0.4, 0.5) is 0 Å². The van der Waals surface area contributed by atoms with E-state index in [2.05, 4.69) is 35.1 Å². The number of sulfone groups is 1. The van der Waals surface area contributed by atoms with Gasteiger partial charge in [-0.15, -0.1) is 0 Å². The maximum absolute atomic E-state index is 12.0. The minimum Gasteiger partial charge on any atom is -0.352 e. The lowest BCUT2D eigenvalue weighted by Gasteiger charge is -2.23. The number of carbonyl (C=O) groups excluding carboxylic acids is 1. The Morgan fingerprint density at radius 1 is 1.25 bits per heavy atom. The van der Waals surface area contributed by atoms with Crippen LogP contribution in [0.2, 0.25) is 0 Å². The summed E-state index contributed by atoms with van der Waals surface area (Å²) in [4.78, 5) is 12.2. The van der Waals surface area contributed by atoms with Crippen LogP contribution in [0.25, 0.3) is 0 Å². The fourth-order valence-corrected chi connectivity index (χ4v) is 3.32. The molecule has 4 nitrogen and oxygen atoms in total. The molecule has 0 bridgehead atoms. The molecule has 1 amide bonds. The van der Waals surface area contributed by atoms with E-state index in [-0.39, 0.29) is 16.2 Å². The topological polar surface area (TPSA) is 63.2 Å². The molecule has 1 aromatic rings. The SMILES string of the molecule is CC(C)(CCBr)CNC(=O)c1ccc(S(C)(=O)=O)cc1. The molecule has 0 aliphatic heterocycles. The van der Waals surface area contributed by atoms with Crippen molar-refractivity contribution >= 4 is 31.7 Å². The van der Waals surface area contributed by atoms with Gasteiger partial charge in [0.05, 0.1) is 4.90 Å². The maximum atomic E-state index is 12.0. The minimum atomic E-state index is -3.23. The van der Waals surface area contributed by atoms with Gasteiger partial charge in [-0.25, -0.2) is 8.42 Å². The molecule has 0 heterocycles. The summed E-state index contributed by atoms with van der Waals surface area (Å²) in [6.07, 6.45) is 2.10. The first-order chi connectivity index (χ1) is 9.15. The van der Waals surface area contributed by atoms with E-state index in [9.17, 15) is 13.2 Å². The fourth-order valence-electron chi connectivity index (χ4n) is 1.62. The third kappa shape index (κ3) is 5.25. The van der Waals surface area contributed by atoms with E-state index in [4.69, 9.17) is 0 Å². The first-order valence-corrected chi connectivity index (χ1v) is 9.31. The third-order valence-electron chi connectivity index (χ3n) is 3.04. The molecule has 0 saturated heterocycles. The first kappa shape index (κ1) is 17.2. The predicted octanol–water partition coefficient (Wildman–Crippen LogP) is 2.63. The van der Waals surface area contributed by atoms with Crippen molar-refractivity contribution in [2.24, 2.45) is 5.41 Å². The summed E-state index contributed by atoms with van der Waals surface area (Å²) in [5.41, 5.74) is 0.485. The van der Waals surface area contributed by atoms with Gasteiger partial charge in [0.15, 0.2) is 9.84 Å². The number of rotatable bonds is 6. The molecule has 0 aromatic heterocycles. The Kier molecular flexibility index (Phi) is 5.77. The van der Waals surface area contributed by atoms with Crippen LogP contribution in [0.1, 0.15) is 30.6 Å². The van der Waals surface area contributed by atoms with Gasteiger partial charge in [0.25, 0.3) is 5.91 Å². The van der Waals surface area contributed by atoms with Crippen LogP contribution in [-0.4, -0.2) is 32.5 Å². The summed E-state index contributed by atoms with van der Waals surface area (Å²) >= 11 is 3.39. The Morgan fingerprint density at radius 3 is 2.25 bits per heavy atom. The van der Waals surface area contributed by atoms with Crippen molar-refractivity contribution in [1.29, 1.82) is 0 Å². The standard InChI is InChI=1S/C14H20BrNO3S/c1-14(2,8-9-15)10-16-13(17)11-4-6-12(7-5-11)20(3,18)19/h4-7H,8-10H2,1-3H3,(H,16,17). The van der Waals surface area contributed by atoms with Crippen LogP contribution in [0, 0.1) is 5.41 Å². The van der Waals surface area contributed by atoms with Crippen LogP contribution in [0.15, 0.2) is 29.2 Å². The molecule has 0 aliphatic rings. The Morgan fingerprint density at radius 2 is 1.80 bits per heavy atom. The number of alkyl halides is 1. The number of nitrogens with one attached hydrogen (secondary N) is 1. The molecule has 6 heteroatoms. The van der Waals surface area contributed by atoms with Crippen LogP contribution in [0.3, 0.4) is 0 Å². The van der Waals surface area contributed by atoms with E-state index in [1.54, 1.807) is 0 Å². The van der Waals surface area contributed by atoms with Crippen molar-refractivity contribution in [3.8, 4) is 0 Å². The van der Waals surface area contributed by atoms with Crippen molar-refractivity contribution in [2.75, 3.05) is 18.1 Å². The monoisotopic (exact) mass is 361 g/mol.